The van der Waals surface area contributed by atoms with Crippen LogP contribution in [-0.4, -0.2) is 54.7 Å². The minimum Gasteiger partial charge on any atom is -0.336 e. The van der Waals surface area contributed by atoms with E-state index in [1.165, 1.54) is 22.6 Å². The number of nitrogens with zero attached hydrogens (tertiary/aromatic N) is 2. The van der Waals surface area contributed by atoms with Gasteiger partial charge in [-0.1, -0.05) is 25.5 Å². The summed E-state index contributed by atoms with van der Waals surface area (Å²) in [6.07, 6.45) is 3.31. The van der Waals surface area contributed by atoms with Gasteiger partial charge >= 0.3 is 0 Å². The van der Waals surface area contributed by atoms with Crippen molar-refractivity contribution in [1.29, 1.82) is 0 Å². The first-order valence-electron chi connectivity index (χ1n) is 8.99. The van der Waals surface area contributed by atoms with E-state index >= 15 is 0 Å². The number of amides is 1. The number of hydrogen-bond donors (Lipinski definition) is 1. The van der Waals surface area contributed by atoms with E-state index in [1.807, 2.05) is 12.1 Å². The molecule has 3 rings (SSSR count). The molecule has 1 N–H and O–H groups in total. The number of benzene rings is 1. The minimum atomic E-state index is -3.57. The van der Waals surface area contributed by atoms with Crippen LogP contribution in [0, 0.1) is 0 Å². The van der Waals surface area contributed by atoms with Crippen molar-refractivity contribution in [3.05, 3.63) is 64.1 Å². The normalized spacial score (nSPS) is 15.7. The number of piperazine rings is 1. The first-order chi connectivity index (χ1) is 12.9. The maximum atomic E-state index is 12.8. The summed E-state index contributed by atoms with van der Waals surface area (Å²) in [5.74, 6) is -0.216. The van der Waals surface area contributed by atoms with Crippen LogP contribution in [0.3, 0.4) is 0 Å². The number of aromatic amines is 1. The maximum absolute atomic E-state index is 12.8. The zero-order valence-electron chi connectivity index (χ0n) is 15.2. The zero-order valence-corrected chi connectivity index (χ0v) is 16.0. The molecule has 1 aromatic carbocycles. The van der Waals surface area contributed by atoms with Gasteiger partial charge in [-0.05, 0) is 30.2 Å². The Morgan fingerprint density at radius 3 is 2.26 bits per heavy atom. The molecule has 1 aliphatic rings. The van der Waals surface area contributed by atoms with Crippen LogP contribution in [-0.2, 0) is 16.4 Å². The standard InChI is InChI=1S/C19H23N3O4S/c1-2-3-15-4-7-17(8-5-15)27(25,26)22-12-10-21(11-13-22)19(24)16-6-9-18(23)20-14-16/h4-9,14H,2-3,10-13H2,1H3,(H,20,23). The second-order valence-corrected chi connectivity index (χ2v) is 8.47. The summed E-state index contributed by atoms with van der Waals surface area (Å²) < 4.78 is 27.1. The Hall–Kier alpha value is -2.45. The van der Waals surface area contributed by atoms with Crippen molar-refractivity contribution in [3.8, 4) is 0 Å². The van der Waals surface area contributed by atoms with Crippen LogP contribution < -0.4 is 5.56 Å². The molecule has 8 heteroatoms. The molecule has 0 bridgehead atoms. The summed E-state index contributed by atoms with van der Waals surface area (Å²) in [5.41, 5.74) is 1.23. The van der Waals surface area contributed by atoms with Gasteiger partial charge in [0.15, 0.2) is 0 Å². The second-order valence-electron chi connectivity index (χ2n) is 6.53. The summed E-state index contributed by atoms with van der Waals surface area (Å²) in [5, 5.41) is 0. The molecule has 0 radical (unpaired) electrons. The van der Waals surface area contributed by atoms with Gasteiger partial charge in [-0.15, -0.1) is 0 Å². The van der Waals surface area contributed by atoms with Crippen molar-refractivity contribution >= 4 is 15.9 Å². The summed E-state index contributed by atoms with van der Waals surface area (Å²) in [4.78, 5) is 27.9. The minimum absolute atomic E-state index is 0.216. The van der Waals surface area contributed by atoms with E-state index in [4.69, 9.17) is 0 Å². The predicted octanol–water partition coefficient (Wildman–Crippen LogP) is 1.47. The molecule has 0 unspecified atom stereocenters. The van der Waals surface area contributed by atoms with Gasteiger partial charge < -0.3 is 9.88 Å². The van der Waals surface area contributed by atoms with Crippen molar-refractivity contribution < 1.29 is 13.2 Å². The molecule has 1 aliphatic heterocycles. The summed E-state index contributed by atoms with van der Waals surface area (Å²) in [7, 11) is -3.57. The smallest absolute Gasteiger partial charge is 0.255 e. The first-order valence-corrected chi connectivity index (χ1v) is 10.4. The van der Waals surface area contributed by atoms with Crippen LogP contribution in [0.1, 0.15) is 29.3 Å². The Bertz CT molecular complexity index is 939. The van der Waals surface area contributed by atoms with Gasteiger partial charge in [0.05, 0.1) is 10.5 Å². The first kappa shape index (κ1) is 19.3. The van der Waals surface area contributed by atoms with Crippen molar-refractivity contribution in [2.75, 3.05) is 26.2 Å². The van der Waals surface area contributed by atoms with Gasteiger partial charge in [-0.3, -0.25) is 9.59 Å². The third kappa shape index (κ3) is 4.28. The van der Waals surface area contributed by atoms with E-state index < -0.39 is 10.0 Å². The van der Waals surface area contributed by atoms with Crippen LogP contribution in [0.5, 0.6) is 0 Å². The molecule has 0 atom stereocenters. The van der Waals surface area contributed by atoms with Crippen molar-refractivity contribution in [3.63, 3.8) is 0 Å². The SMILES string of the molecule is CCCc1ccc(S(=O)(=O)N2CCN(C(=O)c3ccc(=O)[nH]c3)CC2)cc1. The Kier molecular flexibility index (Phi) is 5.76. The fraction of sp³-hybridized carbons (Fsp3) is 0.368. The third-order valence-corrected chi connectivity index (χ3v) is 6.57. The van der Waals surface area contributed by atoms with Crippen LogP contribution in [0.2, 0.25) is 0 Å². The fourth-order valence-corrected chi connectivity index (χ4v) is 4.55. The molecule has 0 aliphatic carbocycles. The highest BCUT2D eigenvalue weighted by molar-refractivity contribution is 7.89. The Labute approximate surface area is 158 Å². The maximum Gasteiger partial charge on any atom is 0.255 e. The molecule has 2 heterocycles. The topological polar surface area (TPSA) is 90.6 Å². The van der Waals surface area contributed by atoms with Crippen molar-refractivity contribution in [2.24, 2.45) is 0 Å². The Morgan fingerprint density at radius 1 is 1.04 bits per heavy atom. The highest BCUT2D eigenvalue weighted by Gasteiger charge is 2.30. The third-order valence-electron chi connectivity index (χ3n) is 4.66. The van der Waals surface area contributed by atoms with E-state index in [2.05, 4.69) is 11.9 Å². The number of carbonyl (C=O) groups excluding carboxylic acids is 1. The lowest BCUT2D eigenvalue weighted by atomic mass is 10.1. The van der Waals surface area contributed by atoms with Gasteiger partial charge in [-0.2, -0.15) is 4.31 Å². The zero-order chi connectivity index (χ0) is 19.4. The van der Waals surface area contributed by atoms with E-state index in [9.17, 15) is 18.0 Å². The average molecular weight is 389 g/mol. The lowest BCUT2D eigenvalue weighted by molar-refractivity contribution is 0.0697. The van der Waals surface area contributed by atoms with Crippen molar-refractivity contribution in [2.45, 2.75) is 24.7 Å². The molecular formula is C19H23N3O4S. The number of aryl methyl sites for hydroxylation is 1. The highest BCUT2D eigenvalue weighted by atomic mass is 32.2. The molecule has 2 aromatic rings. The molecule has 7 nitrogen and oxygen atoms in total. The number of rotatable bonds is 5. The van der Waals surface area contributed by atoms with E-state index in [1.54, 1.807) is 17.0 Å². The molecule has 0 saturated carbocycles. The molecule has 144 valence electrons. The van der Waals surface area contributed by atoms with Crippen LogP contribution in [0.4, 0.5) is 0 Å². The van der Waals surface area contributed by atoms with E-state index in [-0.39, 0.29) is 29.5 Å². The van der Waals surface area contributed by atoms with E-state index in [0.717, 1.165) is 18.4 Å². The number of H-pyrrole nitrogens is 1. The quantitative estimate of drug-likeness (QED) is 0.839. The summed E-state index contributed by atoms with van der Waals surface area (Å²) >= 11 is 0. The summed E-state index contributed by atoms with van der Waals surface area (Å²) in [6, 6.07) is 9.79. The number of hydrogen-bond acceptors (Lipinski definition) is 4. The molecule has 1 fully saturated rings. The Balaban J connectivity index is 1.66. The predicted molar refractivity (Wildman–Crippen MR) is 102 cm³/mol. The molecule has 1 aromatic heterocycles. The van der Waals surface area contributed by atoms with Gasteiger partial charge in [0.2, 0.25) is 15.6 Å². The fourth-order valence-electron chi connectivity index (χ4n) is 3.12. The van der Waals surface area contributed by atoms with E-state index in [0.29, 0.717) is 18.7 Å². The number of nitrogens with one attached hydrogen (secondary N) is 1. The second kappa shape index (κ2) is 8.06. The number of sulfonamides is 1. The number of pyridine rings is 1. The van der Waals surface area contributed by atoms with Crippen LogP contribution in [0.15, 0.2) is 52.3 Å². The Morgan fingerprint density at radius 2 is 1.70 bits per heavy atom. The summed E-state index contributed by atoms with van der Waals surface area (Å²) in [6.45, 7) is 3.19. The largest absolute Gasteiger partial charge is 0.336 e. The van der Waals surface area contributed by atoms with Gasteiger partial charge in [0, 0.05) is 38.4 Å². The van der Waals surface area contributed by atoms with Crippen LogP contribution >= 0.6 is 0 Å². The molecular weight excluding hydrogens is 366 g/mol. The lowest BCUT2D eigenvalue weighted by Gasteiger charge is -2.34. The molecule has 0 spiro atoms. The van der Waals surface area contributed by atoms with Crippen LogP contribution in [0.25, 0.3) is 0 Å². The number of carbonyl (C=O) groups is 1. The van der Waals surface area contributed by atoms with Crippen molar-refractivity contribution in [1.82, 2.24) is 14.2 Å². The number of aromatic nitrogens is 1. The monoisotopic (exact) mass is 389 g/mol. The molecule has 1 amide bonds. The highest BCUT2D eigenvalue weighted by Crippen LogP contribution is 2.19. The van der Waals surface area contributed by atoms with Gasteiger partial charge in [-0.25, -0.2) is 8.42 Å². The van der Waals surface area contributed by atoms with Gasteiger partial charge in [0.25, 0.3) is 5.91 Å². The lowest BCUT2D eigenvalue weighted by Crippen LogP contribution is -2.50. The van der Waals surface area contributed by atoms with Gasteiger partial charge in [0.1, 0.15) is 0 Å². The molecule has 1 saturated heterocycles. The average Bonchev–Trinajstić information content (AvgIpc) is 2.69. The molecule has 27 heavy (non-hydrogen) atoms.